The van der Waals surface area contributed by atoms with E-state index in [1.165, 1.54) is 0 Å². The van der Waals surface area contributed by atoms with Crippen LogP contribution < -0.4 is 5.32 Å². The lowest BCUT2D eigenvalue weighted by Crippen LogP contribution is -2.24. The first kappa shape index (κ1) is 12.7. The van der Waals surface area contributed by atoms with Crippen molar-refractivity contribution in [2.24, 2.45) is 4.99 Å². The average Bonchev–Trinajstić information content (AvgIpc) is 2.97. The SMILES string of the molecule is O=C(CC1=CSC2=NCCN12)Nc1ccc(Br)cc1. The smallest absolute Gasteiger partial charge is 0.230 e. The number of fused-ring (bicyclic) bond motifs is 1. The van der Waals surface area contributed by atoms with Crippen LogP contribution in [-0.4, -0.2) is 29.1 Å². The van der Waals surface area contributed by atoms with Crippen molar-refractivity contribution in [3.05, 3.63) is 39.8 Å². The minimum atomic E-state index is 0.00215. The molecule has 2 aliphatic rings. The maximum Gasteiger partial charge on any atom is 0.230 e. The van der Waals surface area contributed by atoms with Gasteiger partial charge < -0.3 is 10.2 Å². The maximum atomic E-state index is 12.0. The number of rotatable bonds is 3. The molecule has 4 nitrogen and oxygen atoms in total. The number of aliphatic imine (C=N–C) groups is 1. The van der Waals surface area contributed by atoms with Crippen LogP contribution in [0, 0.1) is 0 Å². The molecule has 0 bridgehead atoms. The van der Waals surface area contributed by atoms with Gasteiger partial charge in [0.05, 0.1) is 13.0 Å². The van der Waals surface area contributed by atoms with Crippen molar-refractivity contribution >= 4 is 44.5 Å². The summed E-state index contributed by atoms with van der Waals surface area (Å²) in [6.07, 6.45) is 0.391. The molecule has 0 fully saturated rings. The Morgan fingerprint density at radius 1 is 1.42 bits per heavy atom. The first-order chi connectivity index (χ1) is 9.22. The van der Waals surface area contributed by atoms with Gasteiger partial charge in [0.1, 0.15) is 0 Å². The van der Waals surface area contributed by atoms with Gasteiger partial charge in [0.2, 0.25) is 5.91 Å². The Balaban J connectivity index is 1.60. The number of anilines is 1. The zero-order valence-electron chi connectivity index (χ0n) is 10.1. The molecule has 0 aromatic heterocycles. The number of amidine groups is 1. The number of hydrogen-bond donors (Lipinski definition) is 1. The van der Waals surface area contributed by atoms with Crippen molar-refractivity contribution in [1.82, 2.24) is 4.90 Å². The summed E-state index contributed by atoms with van der Waals surface area (Å²) in [7, 11) is 0. The van der Waals surface area contributed by atoms with Gasteiger partial charge in [0.25, 0.3) is 0 Å². The molecule has 1 amide bonds. The number of carbonyl (C=O) groups is 1. The molecular weight excluding hydrogens is 326 g/mol. The summed E-state index contributed by atoms with van der Waals surface area (Å²) in [4.78, 5) is 18.5. The molecule has 0 atom stereocenters. The standard InChI is InChI=1S/C13H12BrN3OS/c14-9-1-3-10(4-2-9)16-12(18)7-11-8-19-13-15-5-6-17(11)13/h1-4,8H,5-7H2,(H,16,18). The second-order valence-corrected chi connectivity index (χ2v) is 6.03. The molecular formula is C13H12BrN3OS. The van der Waals surface area contributed by atoms with E-state index >= 15 is 0 Å². The van der Waals surface area contributed by atoms with Crippen LogP contribution in [0.5, 0.6) is 0 Å². The predicted molar refractivity (Wildman–Crippen MR) is 82.1 cm³/mol. The van der Waals surface area contributed by atoms with Crippen molar-refractivity contribution in [3.63, 3.8) is 0 Å². The van der Waals surface area contributed by atoms with Crippen molar-refractivity contribution in [1.29, 1.82) is 0 Å². The summed E-state index contributed by atoms with van der Waals surface area (Å²) in [6.45, 7) is 1.72. The van der Waals surface area contributed by atoms with E-state index in [2.05, 4.69) is 31.1 Å². The molecule has 1 N–H and O–H groups in total. The molecule has 2 heterocycles. The van der Waals surface area contributed by atoms with E-state index < -0.39 is 0 Å². The van der Waals surface area contributed by atoms with E-state index in [0.29, 0.717) is 6.42 Å². The molecule has 0 saturated heterocycles. The summed E-state index contributed by atoms with van der Waals surface area (Å²) in [6, 6.07) is 7.57. The van der Waals surface area contributed by atoms with E-state index in [1.807, 2.05) is 29.7 Å². The molecule has 2 aliphatic heterocycles. The Bertz CT molecular complexity index is 568. The normalized spacial score (nSPS) is 17.0. The number of hydrogen-bond acceptors (Lipinski definition) is 4. The second-order valence-electron chi connectivity index (χ2n) is 4.27. The van der Waals surface area contributed by atoms with Crippen molar-refractivity contribution < 1.29 is 4.79 Å². The third kappa shape index (κ3) is 2.84. The van der Waals surface area contributed by atoms with E-state index in [1.54, 1.807) is 11.8 Å². The Kier molecular flexibility index (Phi) is 3.61. The van der Waals surface area contributed by atoms with Crippen LogP contribution in [0.4, 0.5) is 5.69 Å². The Labute approximate surface area is 124 Å². The van der Waals surface area contributed by atoms with Gasteiger partial charge in [-0.15, -0.1) is 0 Å². The fourth-order valence-corrected chi connectivity index (χ4v) is 3.24. The molecule has 0 saturated carbocycles. The highest BCUT2D eigenvalue weighted by Crippen LogP contribution is 2.30. The molecule has 0 unspecified atom stereocenters. The lowest BCUT2D eigenvalue weighted by molar-refractivity contribution is -0.115. The van der Waals surface area contributed by atoms with Gasteiger partial charge >= 0.3 is 0 Å². The zero-order valence-corrected chi connectivity index (χ0v) is 12.5. The third-order valence-electron chi connectivity index (χ3n) is 2.92. The van der Waals surface area contributed by atoms with E-state index in [9.17, 15) is 4.79 Å². The molecule has 3 rings (SSSR count). The molecule has 98 valence electrons. The molecule has 0 radical (unpaired) electrons. The van der Waals surface area contributed by atoms with Crippen molar-refractivity contribution in [2.75, 3.05) is 18.4 Å². The summed E-state index contributed by atoms with van der Waals surface area (Å²) >= 11 is 4.97. The fraction of sp³-hybridized carbons (Fsp3) is 0.231. The first-order valence-electron chi connectivity index (χ1n) is 5.95. The summed E-state index contributed by atoms with van der Waals surface area (Å²) in [5.41, 5.74) is 1.85. The van der Waals surface area contributed by atoms with Gasteiger partial charge in [-0.25, -0.2) is 0 Å². The van der Waals surface area contributed by atoms with Crippen LogP contribution in [0.3, 0.4) is 0 Å². The minimum Gasteiger partial charge on any atom is -0.326 e. The molecule has 0 aliphatic carbocycles. The van der Waals surface area contributed by atoms with Crippen LogP contribution in [0.25, 0.3) is 0 Å². The third-order valence-corrected chi connectivity index (χ3v) is 4.40. The Morgan fingerprint density at radius 2 is 2.21 bits per heavy atom. The second kappa shape index (κ2) is 5.38. The summed E-state index contributed by atoms with van der Waals surface area (Å²) < 4.78 is 0.998. The van der Waals surface area contributed by atoms with Gasteiger partial charge in [-0.3, -0.25) is 9.79 Å². The largest absolute Gasteiger partial charge is 0.326 e. The van der Waals surface area contributed by atoms with Crippen molar-refractivity contribution in [2.45, 2.75) is 6.42 Å². The molecule has 0 spiro atoms. The van der Waals surface area contributed by atoms with Crippen LogP contribution in [0.2, 0.25) is 0 Å². The molecule has 6 heteroatoms. The van der Waals surface area contributed by atoms with Gasteiger partial charge in [-0.2, -0.15) is 0 Å². The van der Waals surface area contributed by atoms with E-state index in [0.717, 1.165) is 34.1 Å². The lowest BCUT2D eigenvalue weighted by Gasteiger charge is -2.16. The molecule has 19 heavy (non-hydrogen) atoms. The van der Waals surface area contributed by atoms with E-state index in [4.69, 9.17) is 0 Å². The summed E-state index contributed by atoms with van der Waals surface area (Å²) in [5, 5.41) is 5.93. The van der Waals surface area contributed by atoms with Crippen molar-refractivity contribution in [3.8, 4) is 0 Å². The van der Waals surface area contributed by atoms with Gasteiger partial charge in [-0.05, 0) is 29.7 Å². The molecule has 1 aromatic carbocycles. The highest BCUT2D eigenvalue weighted by molar-refractivity contribution is 9.10. The minimum absolute atomic E-state index is 0.00215. The molecule has 1 aromatic rings. The van der Waals surface area contributed by atoms with Crippen LogP contribution in [0.15, 0.2) is 44.8 Å². The number of carbonyl (C=O) groups excluding carboxylic acids is 1. The lowest BCUT2D eigenvalue weighted by atomic mass is 10.2. The monoisotopic (exact) mass is 337 g/mol. The zero-order chi connectivity index (χ0) is 13.2. The Hall–Kier alpha value is -1.27. The number of nitrogens with zero attached hydrogens (tertiary/aromatic N) is 2. The number of thioether (sulfide) groups is 1. The average molecular weight is 338 g/mol. The van der Waals surface area contributed by atoms with Gasteiger partial charge in [-0.1, -0.05) is 27.7 Å². The quantitative estimate of drug-likeness (QED) is 0.921. The van der Waals surface area contributed by atoms with Gasteiger partial charge in [0.15, 0.2) is 5.17 Å². The maximum absolute atomic E-state index is 12.0. The summed E-state index contributed by atoms with van der Waals surface area (Å²) in [5.74, 6) is 0.00215. The van der Waals surface area contributed by atoms with Crippen LogP contribution in [0.1, 0.15) is 6.42 Å². The number of amides is 1. The highest BCUT2D eigenvalue weighted by atomic mass is 79.9. The van der Waals surface area contributed by atoms with Crippen LogP contribution in [-0.2, 0) is 4.79 Å². The highest BCUT2D eigenvalue weighted by Gasteiger charge is 2.27. The van der Waals surface area contributed by atoms with Crippen LogP contribution >= 0.6 is 27.7 Å². The first-order valence-corrected chi connectivity index (χ1v) is 7.63. The number of nitrogens with one attached hydrogen (secondary N) is 1. The number of halogens is 1. The number of benzene rings is 1. The fourth-order valence-electron chi connectivity index (χ4n) is 2.02. The topological polar surface area (TPSA) is 44.7 Å². The predicted octanol–water partition coefficient (Wildman–Crippen LogP) is 3.04. The van der Waals surface area contributed by atoms with E-state index in [-0.39, 0.29) is 5.91 Å². The Morgan fingerprint density at radius 3 is 3.00 bits per heavy atom. The van der Waals surface area contributed by atoms with Gasteiger partial charge in [0, 0.05) is 22.4 Å².